The van der Waals surface area contributed by atoms with Crippen LogP contribution in [0.3, 0.4) is 0 Å². The second kappa shape index (κ2) is 7.05. The van der Waals surface area contributed by atoms with Gasteiger partial charge >= 0.3 is 0 Å². The number of aryl methyl sites for hydroxylation is 1. The van der Waals surface area contributed by atoms with Gasteiger partial charge in [0.15, 0.2) is 5.65 Å². The van der Waals surface area contributed by atoms with Crippen LogP contribution >= 0.6 is 0 Å². The first-order valence-corrected chi connectivity index (χ1v) is 11.0. The summed E-state index contributed by atoms with van der Waals surface area (Å²) in [6.45, 7) is 4.98. The van der Waals surface area contributed by atoms with E-state index < -0.39 is 10.0 Å². The monoisotopic (exact) mass is 384 g/mol. The highest BCUT2D eigenvalue weighted by Gasteiger charge is 2.33. The van der Waals surface area contributed by atoms with Gasteiger partial charge in [-0.25, -0.2) is 18.4 Å². The van der Waals surface area contributed by atoms with E-state index in [1.165, 1.54) is 5.56 Å². The minimum Gasteiger partial charge on any atom is -0.304 e. The van der Waals surface area contributed by atoms with Crippen molar-refractivity contribution in [3.8, 4) is 11.4 Å². The summed E-state index contributed by atoms with van der Waals surface area (Å²) in [5, 5.41) is 0. The molecule has 0 saturated carbocycles. The standard InChI is InChI=1S/C20H24N4O2S/c1-3-13-27(25,26)23-12-10-17(14-23)24-19(16-8-6-15(2)7-9-16)22-18-5-4-11-21-20(18)24/h4-9,11,17H,3,10,12-14H2,1-2H3/t17-/m0/s1. The van der Waals surface area contributed by atoms with Gasteiger partial charge in [0.1, 0.15) is 11.3 Å². The van der Waals surface area contributed by atoms with Crippen LogP contribution in [0.25, 0.3) is 22.6 Å². The molecule has 0 radical (unpaired) electrons. The molecule has 1 aliphatic heterocycles. The van der Waals surface area contributed by atoms with Crippen LogP contribution in [-0.2, 0) is 10.0 Å². The average molecular weight is 385 g/mol. The fraction of sp³-hybridized carbons (Fsp3) is 0.400. The van der Waals surface area contributed by atoms with Gasteiger partial charge in [-0.05, 0) is 31.9 Å². The highest BCUT2D eigenvalue weighted by atomic mass is 32.2. The molecular weight excluding hydrogens is 360 g/mol. The first-order valence-electron chi connectivity index (χ1n) is 9.37. The number of benzene rings is 1. The van der Waals surface area contributed by atoms with Crippen molar-refractivity contribution < 1.29 is 8.42 Å². The van der Waals surface area contributed by atoms with Crippen LogP contribution in [0.15, 0.2) is 42.6 Å². The van der Waals surface area contributed by atoms with Gasteiger partial charge in [-0.15, -0.1) is 0 Å². The molecule has 0 bridgehead atoms. The van der Waals surface area contributed by atoms with Crippen molar-refractivity contribution in [1.29, 1.82) is 0 Å². The maximum absolute atomic E-state index is 12.5. The minimum atomic E-state index is -3.19. The molecular formula is C20H24N4O2S. The van der Waals surface area contributed by atoms with Crippen LogP contribution in [-0.4, -0.2) is 46.1 Å². The van der Waals surface area contributed by atoms with Crippen molar-refractivity contribution >= 4 is 21.2 Å². The molecule has 2 aromatic heterocycles. The van der Waals surface area contributed by atoms with Gasteiger partial charge in [0.2, 0.25) is 10.0 Å². The van der Waals surface area contributed by atoms with E-state index in [9.17, 15) is 8.42 Å². The smallest absolute Gasteiger partial charge is 0.214 e. The zero-order chi connectivity index (χ0) is 19.0. The number of fused-ring (bicyclic) bond motifs is 1. The Morgan fingerprint density at radius 3 is 2.70 bits per heavy atom. The lowest BCUT2D eigenvalue weighted by molar-refractivity contribution is 0.455. The molecule has 0 amide bonds. The molecule has 7 heteroatoms. The molecule has 3 heterocycles. The molecule has 1 aromatic carbocycles. The largest absolute Gasteiger partial charge is 0.304 e. The number of rotatable bonds is 5. The van der Waals surface area contributed by atoms with Gasteiger partial charge in [0.05, 0.1) is 11.8 Å². The predicted octanol–water partition coefficient (Wildman–Crippen LogP) is 3.39. The summed E-state index contributed by atoms with van der Waals surface area (Å²) in [5.41, 5.74) is 3.86. The number of nitrogens with zero attached hydrogens (tertiary/aromatic N) is 4. The highest BCUT2D eigenvalue weighted by Crippen LogP contribution is 2.33. The third kappa shape index (κ3) is 3.37. The van der Waals surface area contributed by atoms with E-state index >= 15 is 0 Å². The fourth-order valence-corrected chi connectivity index (χ4v) is 5.30. The predicted molar refractivity (Wildman–Crippen MR) is 107 cm³/mol. The normalized spacial score (nSPS) is 18.4. The maximum atomic E-state index is 12.5. The van der Waals surface area contributed by atoms with E-state index in [2.05, 4.69) is 40.7 Å². The minimum absolute atomic E-state index is 0.0350. The molecule has 0 N–H and O–H groups in total. The first kappa shape index (κ1) is 18.1. The Morgan fingerprint density at radius 1 is 1.19 bits per heavy atom. The van der Waals surface area contributed by atoms with Crippen LogP contribution in [0.4, 0.5) is 0 Å². The van der Waals surface area contributed by atoms with Crippen LogP contribution in [0.1, 0.15) is 31.4 Å². The lowest BCUT2D eigenvalue weighted by Gasteiger charge is -2.18. The molecule has 6 nitrogen and oxygen atoms in total. The number of pyridine rings is 1. The zero-order valence-corrected chi connectivity index (χ0v) is 16.5. The summed E-state index contributed by atoms with van der Waals surface area (Å²) in [4.78, 5) is 9.36. The lowest BCUT2D eigenvalue weighted by Crippen LogP contribution is -2.31. The molecule has 0 unspecified atom stereocenters. The van der Waals surface area contributed by atoms with Crippen LogP contribution in [0.2, 0.25) is 0 Å². The molecule has 142 valence electrons. The molecule has 1 atom stereocenters. The van der Waals surface area contributed by atoms with E-state index in [0.29, 0.717) is 19.5 Å². The average Bonchev–Trinajstić information content (AvgIpc) is 3.27. The molecule has 1 fully saturated rings. The van der Waals surface area contributed by atoms with Crippen LogP contribution in [0.5, 0.6) is 0 Å². The van der Waals surface area contributed by atoms with Gasteiger partial charge in [-0.2, -0.15) is 4.31 Å². The third-order valence-corrected chi connectivity index (χ3v) is 7.15. The van der Waals surface area contributed by atoms with Gasteiger partial charge in [-0.3, -0.25) is 0 Å². The maximum Gasteiger partial charge on any atom is 0.214 e. The van der Waals surface area contributed by atoms with Crippen LogP contribution < -0.4 is 0 Å². The second-order valence-electron chi connectivity index (χ2n) is 7.13. The lowest BCUT2D eigenvalue weighted by atomic mass is 10.1. The quantitative estimate of drug-likeness (QED) is 0.676. The fourth-order valence-electron chi connectivity index (χ4n) is 3.74. The summed E-state index contributed by atoms with van der Waals surface area (Å²) in [5.74, 6) is 1.05. The van der Waals surface area contributed by atoms with Crippen molar-refractivity contribution in [2.45, 2.75) is 32.7 Å². The van der Waals surface area contributed by atoms with Crippen molar-refractivity contribution in [3.63, 3.8) is 0 Å². The summed E-state index contributed by atoms with van der Waals surface area (Å²) in [6, 6.07) is 12.1. The van der Waals surface area contributed by atoms with E-state index in [0.717, 1.165) is 29.0 Å². The van der Waals surface area contributed by atoms with Gasteiger partial charge < -0.3 is 4.57 Å². The van der Waals surface area contributed by atoms with Gasteiger partial charge in [-0.1, -0.05) is 36.8 Å². The van der Waals surface area contributed by atoms with Crippen molar-refractivity contribution in [2.24, 2.45) is 0 Å². The molecule has 0 spiro atoms. The highest BCUT2D eigenvalue weighted by molar-refractivity contribution is 7.89. The Kier molecular flexibility index (Phi) is 4.74. The number of aromatic nitrogens is 3. The number of imidazole rings is 1. The Bertz CT molecular complexity index is 1060. The van der Waals surface area contributed by atoms with Crippen molar-refractivity contribution in [2.75, 3.05) is 18.8 Å². The topological polar surface area (TPSA) is 68.1 Å². The van der Waals surface area contributed by atoms with E-state index in [4.69, 9.17) is 4.98 Å². The van der Waals surface area contributed by atoms with Gasteiger partial charge in [0, 0.05) is 24.8 Å². The van der Waals surface area contributed by atoms with E-state index in [1.54, 1.807) is 10.5 Å². The van der Waals surface area contributed by atoms with Crippen molar-refractivity contribution in [1.82, 2.24) is 18.8 Å². The van der Waals surface area contributed by atoms with Crippen molar-refractivity contribution in [3.05, 3.63) is 48.2 Å². The molecule has 1 aliphatic rings. The second-order valence-corrected chi connectivity index (χ2v) is 9.22. The van der Waals surface area contributed by atoms with Crippen LogP contribution in [0, 0.1) is 6.92 Å². The Labute approximate surface area is 159 Å². The van der Waals surface area contributed by atoms with Gasteiger partial charge in [0.25, 0.3) is 0 Å². The first-order chi connectivity index (χ1) is 13.0. The SMILES string of the molecule is CCCS(=O)(=O)N1CC[C@H](n2c(-c3ccc(C)cc3)nc3cccnc32)C1. The summed E-state index contributed by atoms with van der Waals surface area (Å²) in [7, 11) is -3.19. The molecule has 0 aliphatic carbocycles. The van der Waals surface area contributed by atoms with E-state index in [1.807, 2.05) is 19.1 Å². The number of hydrogen-bond donors (Lipinski definition) is 0. The number of hydrogen-bond acceptors (Lipinski definition) is 4. The molecule has 3 aromatic rings. The summed E-state index contributed by atoms with van der Waals surface area (Å²) in [6.07, 6.45) is 3.16. The molecule has 1 saturated heterocycles. The van der Waals surface area contributed by atoms with E-state index in [-0.39, 0.29) is 11.8 Å². The zero-order valence-electron chi connectivity index (χ0n) is 15.7. The Hall–Kier alpha value is -2.25. The third-order valence-electron chi connectivity index (χ3n) is 5.11. The Morgan fingerprint density at radius 2 is 1.96 bits per heavy atom. The number of sulfonamides is 1. The Balaban J connectivity index is 1.77. The summed E-state index contributed by atoms with van der Waals surface area (Å²) >= 11 is 0. The summed E-state index contributed by atoms with van der Waals surface area (Å²) < 4.78 is 28.7. The molecule has 27 heavy (non-hydrogen) atoms. The molecule has 4 rings (SSSR count).